The van der Waals surface area contributed by atoms with Gasteiger partial charge in [0.25, 0.3) is 0 Å². The topological polar surface area (TPSA) is 79.7 Å². The summed E-state index contributed by atoms with van der Waals surface area (Å²) in [6.07, 6.45) is 2.03. The number of aromatic hydroxyl groups is 1. The van der Waals surface area contributed by atoms with Crippen molar-refractivity contribution in [2.45, 2.75) is 25.9 Å². The molecule has 2 aromatic rings. The lowest BCUT2D eigenvalue weighted by atomic mass is 10.1. The van der Waals surface area contributed by atoms with Gasteiger partial charge < -0.3 is 20.2 Å². The number of amides is 1. The fraction of sp³-hybridized carbons (Fsp3) is 0.312. The SMILES string of the molecule is CCN(Cc1ccco1)C(=O)[C@@H](N)Cc1ccc(O)cc1. The molecule has 2 rings (SSSR count). The predicted octanol–water partition coefficient (Wildman–Crippen LogP) is 1.90. The summed E-state index contributed by atoms with van der Waals surface area (Å²) >= 11 is 0. The molecular weight excluding hydrogens is 268 g/mol. The normalized spacial score (nSPS) is 12.1. The first-order chi connectivity index (χ1) is 10.1. The standard InChI is InChI=1S/C16H20N2O3/c1-2-18(11-14-4-3-9-21-14)16(20)15(17)10-12-5-7-13(19)8-6-12/h3-9,15,19H,2,10-11,17H2,1H3/t15-/m0/s1. The quantitative estimate of drug-likeness (QED) is 0.851. The highest BCUT2D eigenvalue weighted by molar-refractivity contribution is 5.81. The van der Waals surface area contributed by atoms with E-state index in [-0.39, 0.29) is 11.7 Å². The van der Waals surface area contributed by atoms with Gasteiger partial charge in [0.2, 0.25) is 5.91 Å². The monoisotopic (exact) mass is 288 g/mol. The van der Waals surface area contributed by atoms with Gasteiger partial charge in [0.1, 0.15) is 11.5 Å². The van der Waals surface area contributed by atoms with Crippen LogP contribution in [0.25, 0.3) is 0 Å². The zero-order valence-electron chi connectivity index (χ0n) is 12.0. The van der Waals surface area contributed by atoms with Crippen molar-refractivity contribution in [2.24, 2.45) is 5.73 Å². The van der Waals surface area contributed by atoms with Crippen LogP contribution in [0.4, 0.5) is 0 Å². The van der Waals surface area contributed by atoms with Gasteiger partial charge >= 0.3 is 0 Å². The van der Waals surface area contributed by atoms with Crippen LogP contribution in [-0.2, 0) is 17.8 Å². The first-order valence-electron chi connectivity index (χ1n) is 6.94. The molecule has 0 aliphatic rings. The molecular formula is C16H20N2O3. The van der Waals surface area contributed by atoms with Crippen LogP contribution in [0.5, 0.6) is 5.75 Å². The minimum Gasteiger partial charge on any atom is -0.508 e. The molecule has 1 atom stereocenters. The third-order valence-corrected chi connectivity index (χ3v) is 3.33. The predicted molar refractivity (Wildman–Crippen MR) is 79.6 cm³/mol. The number of hydrogen-bond donors (Lipinski definition) is 2. The maximum absolute atomic E-state index is 12.4. The Hall–Kier alpha value is -2.27. The van der Waals surface area contributed by atoms with Gasteiger partial charge in [0.15, 0.2) is 0 Å². The number of carbonyl (C=O) groups excluding carboxylic acids is 1. The largest absolute Gasteiger partial charge is 0.508 e. The highest BCUT2D eigenvalue weighted by Crippen LogP contribution is 2.12. The summed E-state index contributed by atoms with van der Waals surface area (Å²) in [7, 11) is 0. The van der Waals surface area contributed by atoms with E-state index in [1.54, 1.807) is 41.5 Å². The third kappa shape index (κ3) is 4.10. The summed E-state index contributed by atoms with van der Waals surface area (Å²) in [4.78, 5) is 14.1. The van der Waals surface area contributed by atoms with E-state index in [9.17, 15) is 9.90 Å². The van der Waals surface area contributed by atoms with Crippen LogP contribution in [-0.4, -0.2) is 28.5 Å². The Kier molecular flexibility index (Phi) is 5.00. The first-order valence-corrected chi connectivity index (χ1v) is 6.94. The van der Waals surface area contributed by atoms with E-state index in [0.717, 1.165) is 11.3 Å². The average molecular weight is 288 g/mol. The van der Waals surface area contributed by atoms with E-state index < -0.39 is 6.04 Å². The molecule has 1 heterocycles. The minimum atomic E-state index is -0.607. The number of likely N-dealkylation sites (N-methyl/N-ethyl adjacent to an activating group) is 1. The van der Waals surface area contributed by atoms with E-state index in [1.807, 2.05) is 13.0 Å². The van der Waals surface area contributed by atoms with Gasteiger partial charge in [-0.3, -0.25) is 4.79 Å². The van der Waals surface area contributed by atoms with Gasteiger partial charge in [-0.1, -0.05) is 12.1 Å². The molecule has 0 fully saturated rings. The van der Waals surface area contributed by atoms with Crippen molar-refractivity contribution in [2.75, 3.05) is 6.54 Å². The Morgan fingerprint density at radius 2 is 2.05 bits per heavy atom. The zero-order chi connectivity index (χ0) is 15.2. The zero-order valence-corrected chi connectivity index (χ0v) is 12.0. The number of phenols is 1. The molecule has 0 saturated carbocycles. The van der Waals surface area contributed by atoms with Gasteiger partial charge in [-0.05, 0) is 43.2 Å². The van der Waals surface area contributed by atoms with Crippen molar-refractivity contribution in [1.29, 1.82) is 0 Å². The first kappa shape index (κ1) is 15.1. The van der Waals surface area contributed by atoms with Crippen LogP contribution in [0, 0.1) is 0 Å². The summed E-state index contributed by atoms with van der Waals surface area (Å²) in [5, 5.41) is 9.25. The Morgan fingerprint density at radius 3 is 2.62 bits per heavy atom. The Balaban J connectivity index is 1.97. The molecule has 0 spiro atoms. The van der Waals surface area contributed by atoms with Crippen molar-refractivity contribution in [3.05, 3.63) is 54.0 Å². The molecule has 1 amide bonds. The van der Waals surface area contributed by atoms with E-state index in [0.29, 0.717) is 19.5 Å². The molecule has 0 bridgehead atoms. The van der Waals surface area contributed by atoms with Crippen LogP contribution in [0.15, 0.2) is 47.1 Å². The molecule has 0 unspecified atom stereocenters. The van der Waals surface area contributed by atoms with Gasteiger partial charge in [-0.2, -0.15) is 0 Å². The van der Waals surface area contributed by atoms with Crippen LogP contribution < -0.4 is 5.73 Å². The van der Waals surface area contributed by atoms with Gasteiger partial charge in [0.05, 0.1) is 18.8 Å². The number of phenolic OH excluding ortho intramolecular Hbond substituents is 1. The smallest absolute Gasteiger partial charge is 0.240 e. The van der Waals surface area contributed by atoms with Crippen LogP contribution in [0.3, 0.4) is 0 Å². The molecule has 3 N–H and O–H groups in total. The summed E-state index contributed by atoms with van der Waals surface area (Å²) in [6, 6.07) is 9.74. The number of rotatable bonds is 6. The van der Waals surface area contributed by atoms with E-state index in [1.165, 1.54) is 0 Å². The van der Waals surface area contributed by atoms with Crippen molar-refractivity contribution >= 4 is 5.91 Å². The molecule has 0 aliphatic carbocycles. The number of furan rings is 1. The number of nitrogens with zero attached hydrogens (tertiary/aromatic N) is 1. The lowest BCUT2D eigenvalue weighted by molar-refractivity contribution is -0.133. The number of hydrogen-bond acceptors (Lipinski definition) is 4. The molecule has 1 aromatic heterocycles. The summed E-state index contributed by atoms with van der Waals surface area (Å²) in [5.74, 6) is 0.829. The van der Waals surface area contributed by atoms with Crippen LogP contribution in [0.2, 0.25) is 0 Å². The van der Waals surface area contributed by atoms with Crippen molar-refractivity contribution in [1.82, 2.24) is 4.90 Å². The molecule has 5 nitrogen and oxygen atoms in total. The second-order valence-electron chi connectivity index (χ2n) is 4.91. The van der Waals surface area contributed by atoms with E-state index in [2.05, 4.69) is 0 Å². The molecule has 112 valence electrons. The number of benzene rings is 1. The number of nitrogens with two attached hydrogens (primary N) is 1. The second-order valence-corrected chi connectivity index (χ2v) is 4.91. The minimum absolute atomic E-state index is 0.109. The highest BCUT2D eigenvalue weighted by atomic mass is 16.3. The van der Waals surface area contributed by atoms with Crippen molar-refractivity contribution in [3.63, 3.8) is 0 Å². The summed E-state index contributed by atoms with van der Waals surface area (Å²) in [6.45, 7) is 2.91. The van der Waals surface area contributed by atoms with Crippen LogP contribution in [0.1, 0.15) is 18.2 Å². The van der Waals surface area contributed by atoms with Crippen molar-refractivity contribution in [3.8, 4) is 5.75 Å². The Morgan fingerprint density at radius 1 is 1.33 bits per heavy atom. The molecule has 1 aromatic carbocycles. The van der Waals surface area contributed by atoms with Gasteiger partial charge in [0, 0.05) is 6.54 Å². The van der Waals surface area contributed by atoms with Gasteiger partial charge in [-0.15, -0.1) is 0 Å². The average Bonchev–Trinajstić information content (AvgIpc) is 2.99. The molecule has 0 aliphatic heterocycles. The van der Waals surface area contributed by atoms with E-state index >= 15 is 0 Å². The third-order valence-electron chi connectivity index (χ3n) is 3.33. The Bertz CT molecular complexity index is 564. The highest BCUT2D eigenvalue weighted by Gasteiger charge is 2.21. The molecule has 0 radical (unpaired) electrons. The molecule has 21 heavy (non-hydrogen) atoms. The summed E-state index contributed by atoms with van der Waals surface area (Å²) < 4.78 is 5.26. The van der Waals surface area contributed by atoms with Crippen LogP contribution >= 0.6 is 0 Å². The maximum atomic E-state index is 12.4. The van der Waals surface area contributed by atoms with E-state index in [4.69, 9.17) is 10.2 Å². The molecule has 0 saturated heterocycles. The molecule has 5 heteroatoms. The Labute approximate surface area is 124 Å². The lowest BCUT2D eigenvalue weighted by Crippen LogP contribution is -2.44. The lowest BCUT2D eigenvalue weighted by Gasteiger charge is -2.23. The second kappa shape index (κ2) is 6.95. The fourth-order valence-corrected chi connectivity index (χ4v) is 2.14. The fourth-order valence-electron chi connectivity index (χ4n) is 2.14. The van der Waals surface area contributed by atoms with Gasteiger partial charge in [-0.25, -0.2) is 0 Å². The van der Waals surface area contributed by atoms with Crippen molar-refractivity contribution < 1.29 is 14.3 Å². The summed E-state index contributed by atoms with van der Waals surface area (Å²) in [5.41, 5.74) is 6.93. The maximum Gasteiger partial charge on any atom is 0.240 e. The number of carbonyl (C=O) groups is 1.